The molecule has 1 aromatic rings. The average Bonchev–Trinajstić information content (AvgIpc) is 2.73. The Labute approximate surface area is 124 Å². The van der Waals surface area contributed by atoms with Crippen LogP contribution in [0.3, 0.4) is 0 Å². The molecule has 110 valence electrons. The SMILES string of the molecule is CC(Cc1ccccc1)NC1CC2CCC1(C)C2(C)C. The van der Waals surface area contributed by atoms with E-state index in [4.69, 9.17) is 0 Å². The second kappa shape index (κ2) is 4.87. The Morgan fingerprint density at radius 1 is 1.20 bits per heavy atom. The van der Waals surface area contributed by atoms with Crippen LogP contribution in [0.4, 0.5) is 0 Å². The van der Waals surface area contributed by atoms with Crippen LogP contribution in [0.15, 0.2) is 30.3 Å². The second-order valence-electron chi connectivity index (χ2n) is 7.92. The van der Waals surface area contributed by atoms with E-state index in [1.807, 2.05) is 0 Å². The third-order valence-corrected chi connectivity index (χ3v) is 6.66. The number of fused-ring (bicyclic) bond motifs is 2. The quantitative estimate of drug-likeness (QED) is 0.854. The molecule has 2 aliphatic rings. The largest absolute Gasteiger partial charge is 0.311 e. The highest BCUT2D eigenvalue weighted by Gasteiger charge is 2.61. The Kier molecular flexibility index (Phi) is 3.44. The predicted octanol–water partition coefficient (Wildman–Crippen LogP) is 4.42. The molecule has 2 bridgehead atoms. The van der Waals surface area contributed by atoms with E-state index in [9.17, 15) is 0 Å². The van der Waals surface area contributed by atoms with E-state index in [2.05, 4.69) is 63.3 Å². The Morgan fingerprint density at radius 3 is 2.45 bits per heavy atom. The maximum absolute atomic E-state index is 3.95. The molecule has 2 fully saturated rings. The summed E-state index contributed by atoms with van der Waals surface area (Å²) >= 11 is 0. The highest BCUT2D eigenvalue weighted by Crippen LogP contribution is 2.65. The Morgan fingerprint density at radius 2 is 1.90 bits per heavy atom. The second-order valence-corrected chi connectivity index (χ2v) is 7.92. The summed E-state index contributed by atoms with van der Waals surface area (Å²) in [4.78, 5) is 0. The number of hydrogen-bond acceptors (Lipinski definition) is 1. The lowest BCUT2D eigenvalue weighted by Gasteiger charge is -2.40. The summed E-state index contributed by atoms with van der Waals surface area (Å²) in [6.07, 6.45) is 5.36. The Hall–Kier alpha value is -0.820. The summed E-state index contributed by atoms with van der Waals surface area (Å²) in [5.41, 5.74) is 2.44. The Bertz CT molecular complexity index is 464. The summed E-state index contributed by atoms with van der Waals surface area (Å²) < 4.78 is 0. The van der Waals surface area contributed by atoms with Crippen molar-refractivity contribution in [1.29, 1.82) is 0 Å². The molecule has 0 radical (unpaired) electrons. The van der Waals surface area contributed by atoms with Crippen molar-refractivity contribution >= 4 is 0 Å². The van der Waals surface area contributed by atoms with Gasteiger partial charge in [-0.1, -0.05) is 51.1 Å². The smallest absolute Gasteiger partial charge is 0.0131 e. The van der Waals surface area contributed by atoms with Crippen molar-refractivity contribution < 1.29 is 0 Å². The molecule has 0 spiro atoms. The van der Waals surface area contributed by atoms with Crippen molar-refractivity contribution in [2.45, 2.75) is 65.5 Å². The zero-order valence-electron chi connectivity index (χ0n) is 13.4. The lowest BCUT2D eigenvalue weighted by atomic mass is 9.69. The molecule has 2 saturated carbocycles. The van der Waals surface area contributed by atoms with E-state index in [1.165, 1.54) is 24.8 Å². The third-order valence-electron chi connectivity index (χ3n) is 6.66. The minimum Gasteiger partial charge on any atom is -0.311 e. The third kappa shape index (κ3) is 2.11. The van der Waals surface area contributed by atoms with Gasteiger partial charge < -0.3 is 5.32 Å². The van der Waals surface area contributed by atoms with E-state index in [1.54, 1.807) is 0 Å². The van der Waals surface area contributed by atoms with Crippen molar-refractivity contribution in [3.05, 3.63) is 35.9 Å². The molecule has 20 heavy (non-hydrogen) atoms. The zero-order valence-corrected chi connectivity index (χ0v) is 13.4. The molecule has 1 aromatic carbocycles. The van der Waals surface area contributed by atoms with E-state index < -0.39 is 0 Å². The van der Waals surface area contributed by atoms with Crippen LogP contribution in [-0.2, 0) is 6.42 Å². The first-order valence-corrected chi connectivity index (χ1v) is 8.23. The molecule has 1 N–H and O–H groups in total. The minimum absolute atomic E-state index is 0.489. The zero-order chi connectivity index (χ0) is 14.4. The number of nitrogens with one attached hydrogen (secondary N) is 1. The van der Waals surface area contributed by atoms with Crippen molar-refractivity contribution in [3.63, 3.8) is 0 Å². The lowest BCUT2D eigenvalue weighted by molar-refractivity contribution is 0.116. The van der Waals surface area contributed by atoms with Crippen LogP contribution < -0.4 is 5.32 Å². The molecule has 1 nitrogen and oxygen atoms in total. The first kappa shape index (κ1) is 14.1. The van der Waals surface area contributed by atoms with Gasteiger partial charge in [0.05, 0.1) is 0 Å². The van der Waals surface area contributed by atoms with Crippen LogP contribution in [0, 0.1) is 16.7 Å². The van der Waals surface area contributed by atoms with Crippen molar-refractivity contribution in [2.24, 2.45) is 16.7 Å². The predicted molar refractivity (Wildman–Crippen MR) is 85.8 cm³/mol. The van der Waals surface area contributed by atoms with Gasteiger partial charge in [0.1, 0.15) is 0 Å². The molecule has 0 amide bonds. The molecule has 0 saturated heterocycles. The summed E-state index contributed by atoms with van der Waals surface area (Å²) in [5, 5.41) is 3.95. The van der Waals surface area contributed by atoms with Crippen molar-refractivity contribution in [1.82, 2.24) is 5.32 Å². The molecule has 0 aliphatic heterocycles. The molecular formula is C19H29N. The van der Waals surface area contributed by atoms with Crippen LogP contribution in [0.1, 0.15) is 52.5 Å². The molecular weight excluding hydrogens is 242 g/mol. The van der Waals surface area contributed by atoms with Crippen LogP contribution in [0.25, 0.3) is 0 Å². The number of benzene rings is 1. The van der Waals surface area contributed by atoms with Gasteiger partial charge in [-0.05, 0) is 54.9 Å². The maximum Gasteiger partial charge on any atom is 0.0131 e. The molecule has 0 aromatic heterocycles. The van der Waals surface area contributed by atoms with Gasteiger partial charge in [-0.15, -0.1) is 0 Å². The summed E-state index contributed by atoms with van der Waals surface area (Å²) in [6, 6.07) is 12.1. The van der Waals surface area contributed by atoms with Crippen LogP contribution in [0.5, 0.6) is 0 Å². The van der Waals surface area contributed by atoms with E-state index >= 15 is 0 Å². The van der Waals surface area contributed by atoms with Gasteiger partial charge in [0.15, 0.2) is 0 Å². The highest BCUT2D eigenvalue weighted by atomic mass is 15.0. The summed E-state index contributed by atoms with van der Waals surface area (Å²) in [6.45, 7) is 9.85. The van der Waals surface area contributed by atoms with E-state index in [0.29, 0.717) is 22.9 Å². The van der Waals surface area contributed by atoms with E-state index in [0.717, 1.165) is 12.3 Å². The van der Waals surface area contributed by atoms with Gasteiger partial charge in [-0.2, -0.15) is 0 Å². The molecule has 1 heteroatoms. The molecule has 3 rings (SSSR count). The van der Waals surface area contributed by atoms with Gasteiger partial charge in [0.25, 0.3) is 0 Å². The van der Waals surface area contributed by atoms with Gasteiger partial charge in [0.2, 0.25) is 0 Å². The number of hydrogen-bond donors (Lipinski definition) is 1. The van der Waals surface area contributed by atoms with Gasteiger partial charge in [0, 0.05) is 12.1 Å². The van der Waals surface area contributed by atoms with Gasteiger partial charge in [-0.25, -0.2) is 0 Å². The summed E-state index contributed by atoms with van der Waals surface area (Å²) in [5.74, 6) is 0.925. The van der Waals surface area contributed by atoms with Gasteiger partial charge >= 0.3 is 0 Å². The number of rotatable bonds is 4. The minimum atomic E-state index is 0.489. The fourth-order valence-electron chi connectivity index (χ4n) is 4.83. The first-order chi connectivity index (χ1) is 9.43. The van der Waals surface area contributed by atoms with Crippen molar-refractivity contribution in [3.8, 4) is 0 Å². The monoisotopic (exact) mass is 271 g/mol. The standard InChI is InChI=1S/C19H29N/c1-14(12-15-8-6-5-7-9-15)20-17-13-16-10-11-19(17,4)18(16,2)3/h5-9,14,16-17,20H,10-13H2,1-4H3. The van der Waals surface area contributed by atoms with Crippen LogP contribution in [-0.4, -0.2) is 12.1 Å². The van der Waals surface area contributed by atoms with Crippen molar-refractivity contribution in [2.75, 3.05) is 0 Å². The first-order valence-electron chi connectivity index (χ1n) is 8.23. The molecule has 4 unspecified atom stereocenters. The Balaban J connectivity index is 1.65. The van der Waals surface area contributed by atoms with Crippen LogP contribution >= 0.6 is 0 Å². The lowest BCUT2D eigenvalue weighted by Crippen LogP contribution is -2.48. The molecule has 4 atom stereocenters. The van der Waals surface area contributed by atoms with Crippen LogP contribution in [0.2, 0.25) is 0 Å². The average molecular weight is 271 g/mol. The van der Waals surface area contributed by atoms with E-state index in [-0.39, 0.29) is 0 Å². The normalized spacial score (nSPS) is 36.2. The highest BCUT2D eigenvalue weighted by molar-refractivity contribution is 5.17. The summed E-state index contributed by atoms with van der Waals surface area (Å²) in [7, 11) is 0. The fraction of sp³-hybridized carbons (Fsp3) is 0.684. The molecule has 2 aliphatic carbocycles. The topological polar surface area (TPSA) is 12.0 Å². The van der Waals surface area contributed by atoms with Gasteiger partial charge in [-0.3, -0.25) is 0 Å². The maximum atomic E-state index is 3.95. The fourth-order valence-corrected chi connectivity index (χ4v) is 4.83. The molecule has 0 heterocycles.